The molecule has 2 unspecified atom stereocenters. The maximum atomic E-state index is 10.9. The second kappa shape index (κ2) is 6.86. The fraction of sp³-hybridized carbons (Fsp3) is 0.562. The van der Waals surface area contributed by atoms with E-state index in [1.54, 1.807) is 6.92 Å². The molecule has 1 aromatic rings. The minimum atomic E-state index is -0.781. The molecule has 1 N–H and O–H groups in total. The number of ether oxygens (including phenoxy) is 1. The zero-order chi connectivity index (χ0) is 14.5. The van der Waals surface area contributed by atoms with Gasteiger partial charge in [0.1, 0.15) is 0 Å². The third kappa shape index (κ3) is 3.81. The van der Waals surface area contributed by atoms with Crippen LogP contribution in [-0.4, -0.2) is 41.8 Å². The fourth-order valence-electron chi connectivity index (χ4n) is 2.48. The van der Waals surface area contributed by atoms with E-state index in [0.717, 1.165) is 38.2 Å². The van der Waals surface area contributed by atoms with Crippen molar-refractivity contribution in [3.8, 4) is 0 Å². The summed E-state index contributed by atoms with van der Waals surface area (Å²) in [5.74, 6) is -1.23. The second-order valence-electron chi connectivity index (χ2n) is 5.44. The maximum Gasteiger partial charge on any atom is 0.310 e. The number of carbonyl (C=O) groups is 1. The Kier molecular flexibility index (Phi) is 5.15. The zero-order valence-corrected chi connectivity index (χ0v) is 12.2. The topological polar surface area (TPSA) is 49.8 Å². The second-order valence-corrected chi connectivity index (χ2v) is 5.44. The van der Waals surface area contributed by atoms with Crippen LogP contribution >= 0.6 is 0 Å². The van der Waals surface area contributed by atoms with Crippen molar-refractivity contribution in [3.05, 3.63) is 35.4 Å². The van der Waals surface area contributed by atoms with E-state index < -0.39 is 11.9 Å². The third-order valence-electron chi connectivity index (χ3n) is 3.93. The van der Waals surface area contributed by atoms with E-state index in [1.807, 2.05) is 24.3 Å². The summed E-state index contributed by atoms with van der Waals surface area (Å²) in [6.45, 7) is 7.50. The van der Waals surface area contributed by atoms with Gasteiger partial charge >= 0.3 is 5.97 Å². The van der Waals surface area contributed by atoms with Crippen molar-refractivity contribution in [2.75, 3.05) is 19.7 Å². The Balaban J connectivity index is 1.95. The van der Waals surface area contributed by atoms with Gasteiger partial charge in [0.05, 0.1) is 18.6 Å². The number of benzene rings is 1. The van der Waals surface area contributed by atoms with Crippen molar-refractivity contribution >= 4 is 5.97 Å². The van der Waals surface area contributed by atoms with Crippen molar-refractivity contribution in [1.29, 1.82) is 0 Å². The molecule has 1 fully saturated rings. The highest BCUT2D eigenvalue weighted by atomic mass is 16.5. The molecule has 1 aromatic carbocycles. The highest BCUT2D eigenvalue weighted by Crippen LogP contribution is 2.18. The van der Waals surface area contributed by atoms with Crippen LogP contribution in [0.2, 0.25) is 0 Å². The summed E-state index contributed by atoms with van der Waals surface area (Å²) in [7, 11) is 0. The minimum absolute atomic E-state index is 0.343. The van der Waals surface area contributed by atoms with Crippen LogP contribution in [0.5, 0.6) is 0 Å². The number of morpholine rings is 1. The first-order valence-corrected chi connectivity index (χ1v) is 7.25. The van der Waals surface area contributed by atoms with Crippen molar-refractivity contribution in [2.24, 2.45) is 0 Å². The number of carboxylic acids is 1. The Morgan fingerprint density at radius 2 is 2.15 bits per heavy atom. The standard InChI is InChI=1S/C16H23NO3/c1-3-15-11-17(8-9-20-15)10-13-4-6-14(7-5-13)12(2)16(18)19/h4-7,12,15H,3,8-11H2,1-2H3,(H,18,19). The Morgan fingerprint density at radius 1 is 1.45 bits per heavy atom. The van der Waals surface area contributed by atoms with Gasteiger partial charge in [0.25, 0.3) is 0 Å². The van der Waals surface area contributed by atoms with Gasteiger partial charge in [-0.3, -0.25) is 9.69 Å². The smallest absolute Gasteiger partial charge is 0.310 e. The van der Waals surface area contributed by atoms with Crippen LogP contribution in [0, 0.1) is 0 Å². The van der Waals surface area contributed by atoms with Crippen molar-refractivity contribution in [2.45, 2.75) is 38.8 Å². The average molecular weight is 277 g/mol. The van der Waals surface area contributed by atoms with Gasteiger partial charge in [-0.25, -0.2) is 0 Å². The Bertz CT molecular complexity index is 444. The van der Waals surface area contributed by atoms with Gasteiger partial charge in [-0.2, -0.15) is 0 Å². The van der Waals surface area contributed by atoms with Crippen LogP contribution in [0.3, 0.4) is 0 Å². The molecule has 1 saturated heterocycles. The molecule has 0 saturated carbocycles. The highest BCUT2D eigenvalue weighted by Gasteiger charge is 2.19. The van der Waals surface area contributed by atoms with Crippen LogP contribution in [0.25, 0.3) is 0 Å². The van der Waals surface area contributed by atoms with Gasteiger partial charge in [-0.05, 0) is 24.5 Å². The van der Waals surface area contributed by atoms with Crippen LogP contribution in [0.15, 0.2) is 24.3 Å². The molecule has 0 radical (unpaired) electrons. The lowest BCUT2D eigenvalue weighted by molar-refractivity contribution is -0.138. The zero-order valence-electron chi connectivity index (χ0n) is 12.2. The molecule has 1 heterocycles. The Labute approximate surface area is 120 Å². The van der Waals surface area contributed by atoms with Gasteiger partial charge in [0.15, 0.2) is 0 Å². The molecule has 0 spiro atoms. The molecule has 110 valence electrons. The molecule has 1 aliphatic heterocycles. The quantitative estimate of drug-likeness (QED) is 0.898. The SMILES string of the molecule is CCC1CN(Cc2ccc(C(C)C(=O)O)cc2)CCO1. The summed E-state index contributed by atoms with van der Waals surface area (Å²) < 4.78 is 5.67. The number of rotatable bonds is 5. The monoisotopic (exact) mass is 277 g/mol. The normalized spacial score (nSPS) is 21.6. The first kappa shape index (κ1) is 15.0. The summed E-state index contributed by atoms with van der Waals surface area (Å²) in [6, 6.07) is 7.91. The summed E-state index contributed by atoms with van der Waals surface area (Å²) in [5, 5.41) is 9.00. The lowest BCUT2D eigenvalue weighted by atomic mass is 10.00. The van der Waals surface area contributed by atoms with E-state index >= 15 is 0 Å². The molecule has 4 nitrogen and oxygen atoms in total. The Morgan fingerprint density at radius 3 is 2.75 bits per heavy atom. The summed E-state index contributed by atoms with van der Waals surface area (Å²) >= 11 is 0. The van der Waals surface area contributed by atoms with Crippen LogP contribution in [-0.2, 0) is 16.1 Å². The van der Waals surface area contributed by atoms with E-state index in [0.29, 0.717) is 6.10 Å². The van der Waals surface area contributed by atoms with Crippen molar-refractivity contribution < 1.29 is 14.6 Å². The predicted octanol–water partition coefficient (Wildman–Crippen LogP) is 2.49. The largest absolute Gasteiger partial charge is 0.481 e. The number of carboxylic acid groups (broad SMARTS) is 1. The molecular weight excluding hydrogens is 254 g/mol. The molecular formula is C16H23NO3. The van der Waals surface area contributed by atoms with Gasteiger partial charge < -0.3 is 9.84 Å². The molecule has 4 heteroatoms. The number of aliphatic carboxylic acids is 1. The summed E-state index contributed by atoms with van der Waals surface area (Å²) in [5.41, 5.74) is 2.08. The van der Waals surface area contributed by atoms with Crippen molar-refractivity contribution in [1.82, 2.24) is 4.90 Å². The molecule has 20 heavy (non-hydrogen) atoms. The van der Waals surface area contributed by atoms with Gasteiger partial charge in [0.2, 0.25) is 0 Å². The molecule has 2 rings (SSSR count). The lowest BCUT2D eigenvalue weighted by Crippen LogP contribution is -2.41. The van der Waals surface area contributed by atoms with Crippen LogP contribution < -0.4 is 0 Å². The number of hydrogen-bond acceptors (Lipinski definition) is 3. The van der Waals surface area contributed by atoms with Crippen molar-refractivity contribution in [3.63, 3.8) is 0 Å². The van der Waals surface area contributed by atoms with E-state index in [2.05, 4.69) is 11.8 Å². The lowest BCUT2D eigenvalue weighted by Gasteiger charge is -2.32. The van der Waals surface area contributed by atoms with E-state index in [1.165, 1.54) is 5.56 Å². The van der Waals surface area contributed by atoms with Gasteiger partial charge in [0, 0.05) is 19.6 Å². The Hall–Kier alpha value is -1.39. The summed E-state index contributed by atoms with van der Waals surface area (Å²) in [6.07, 6.45) is 1.39. The van der Waals surface area contributed by atoms with Gasteiger partial charge in [-0.1, -0.05) is 31.2 Å². The van der Waals surface area contributed by atoms with E-state index in [-0.39, 0.29) is 0 Å². The fourth-order valence-corrected chi connectivity index (χ4v) is 2.48. The molecule has 2 atom stereocenters. The predicted molar refractivity (Wildman–Crippen MR) is 77.8 cm³/mol. The van der Waals surface area contributed by atoms with Crippen LogP contribution in [0.1, 0.15) is 37.3 Å². The first-order chi connectivity index (χ1) is 9.60. The number of hydrogen-bond donors (Lipinski definition) is 1. The van der Waals surface area contributed by atoms with Crippen LogP contribution in [0.4, 0.5) is 0 Å². The highest BCUT2D eigenvalue weighted by molar-refractivity contribution is 5.75. The maximum absolute atomic E-state index is 10.9. The summed E-state index contributed by atoms with van der Waals surface area (Å²) in [4.78, 5) is 13.3. The first-order valence-electron chi connectivity index (χ1n) is 7.25. The van der Waals surface area contributed by atoms with E-state index in [4.69, 9.17) is 9.84 Å². The third-order valence-corrected chi connectivity index (χ3v) is 3.93. The molecule has 0 amide bonds. The molecule has 1 aliphatic rings. The molecule has 0 aliphatic carbocycles. The average Bonchev–Trinajstić information content (AvgIpc) is 2.47. The molecule has 0 bridgehead atoms. The number of nitrogens with zero attached hydrogens (tertiary/aromatic N) is 1. The molecule has 0 aromatic heterocycles. The minimum Gasteiger partial charge on any atom is -0.481 e. The van der Waals surface area contributed by atoms with Gasteiger partial charge in [-0.15, -0.1) is 0 Å². The van der Waals surface area contributed by atoms with E-state index in [9.17, 15) is 4.79 Å².